The van der Waals surface area contributed by atoms with Crippen LogP contribution in [0.15, 0.2) is 51.5 Å². The molecular formula is C28H24FN2O6. The molecule has 0 atom stereocenters. The number of hydrogen-bond acceptors (Lipinski definition) is 6. The van der Waals surface area contributed by atoms with Gasteiger partial charge in [0.25, 0.3) is 0 Å². The summed E-state index contributed by atoms with van der Waals surface area (Å²) in [5, 5.41) is 0.516. The van der Waals surface area contributed by atoms with Crippen molar-refractivity contribution in [2.45, 2.75) is 45.6 Å². The summed E-state index contributed by atoms with van der Waals surface area (Å²) < 4.78 is 31.4. The van der Waals surface area contributed by atoms with Gasteiger partial charge in [-0.05, 0) is 62.2 Å². The van der Waals surface area contributed by atoms with Crippen molar-refractivity contribution in [1.29, 1.82) is 0 Å². The molecule has 2 aliphatic heterocycles. The Labute approximate surface area is 211 Å². The molecule has 189 valence electrons. The molecule has 1 aromatic heterocycles. The number of nitrogens with zero attached hydrogens (tertiary/aromatic N) is 1. The summed E-state index contributed by atoms with van der Waals surface area (Å²) >= 11 is 0. The first kappa shape index (κ1) is 24.3. The molecule has 3 aromatic rings. The number of halogens is 1. The van der Waals surface area contributed by atoms with Crippen LogP contribution in [-0.2, 0) is 6.42 Å². The lowest BCUT2D eigenvalue weighted by Gasteiger charge is -2.32. The zero-order chi connectivity index (χ0) is 26.5. The highest BCUT2D eigenvalue weighted by Crippen LogP contribution is 2.49. The first-order valence-electron chi connectivity index (χ1n) is 11.8. The highest BCUT2D eigenvalue weighted by molar-refractivity contribution is 6.14. The summed E-state index contributed by atoms with van der Waals surface area (Å²) in [5.41, 5.74) is 5.79. The molecule has 9 heteroatoms. The lowest BCUT2D eigenvalue weighted by molar-refractivity contribution is 0.0963. The molecule has 2 aromatic carbocycles. The average Bonchev–Trinajstić information content (AvgIpc) is 2.82. The lowest BCUT2D eigenvalue weighted by Crippen LogP contribution is -2.32. The van der Waals surface area contributed by atoms with E-state index in [1.807, 2.05) is 26.8 Å². The van der Waals surface area contributed by atoms with Gasteiger partial charge >= 0.3 is 11.7 Å². The molecule has 1 radical (unpaired) electrons. The van der Waals surface area contributed by atoms with Crippen molar-refractivity contribution in [3.8, 4) is 11.5 Å². The molecule has 8 nitrogen and oxygen atoms in total. The monoisotopic (exact) mass is 503 g/mol. The number of nitrogens with two attached hydrogens (primary N) is 1. The SMILES string of the molecule is CCCc1[c]c(=O)oc2c3c(c4c(c12)OC(C)(C)C=C4)OC(=CN(C(N)=O)c1ccc(F)cc1)CC3=O. The van der Waals surface area contributed by atoms with Gasteiger partial charge in [-0.1, -0.05) is 13.3 Å². The van der Waals surface area contributed by atoms with Crippen LogP contribution in [0.1, 0.15) is 55.1 Å². The maximum Gasteiger partial charge on any atom is 0.344 e. The minimum Gasteiger partial charge on any atom is -0.482 e. The number of anilines is 1. The number of primary amides is 1. The maximum atomic E-state index is 13.5. The Morgan fingerprint density at radius 1 is 1.22 bits per heavy atom. The van der Waals surface area contributed by atoms with Gasteiger partial charge in [-0.25, -0.2) is 14.0 Å². The van der Waals surface area contributed by atoms with Crippen LogP contribution in [0, 0.1) is 11.9 Å². The minimum absolute atomic E-state index is 0.0846. The fourth-order valence-electron chi connectivity index (χ4n) is 4.52. The number of fused-ring (bicyclic) bond motifs is 6. The van der Waals surface area contributed by atoms with Gasteiger partial charge in [-0.2, -0.15) is 0 Å². The van der Waals surface area contributed by atoms with Crippen LogP contribution in [0.2, 0.25) is 0 Å². The maximum absolute atomic E-state index is 13.5. The molecular weight excluding hydrogens is 479 g/mol. The van der Waals surface area contributed by atoms with E-state index in [-0.39, 0.29) is 34.9 Å². The Kier molecular flexibility index (Phi) is 5.86. The number of carbonyl (C=O) groups excluding carboxylic acids is 2. The average molecular weight is 504 g/mol. The molecule has 5 rings (SSSR count). The molecule has 3 heterocycles. The van der Waals surface area contributed by atoms with Crippen LogP contribution in [0.4, 0.5) is 14.9 Å². The first-order valence-corrected chi connectivity index (χ1v) is 11.8. The molecule has 0 saturated carbocycles. The summed E-state index contributed by atoms with van der Waals surface area (Å²) in [5.74, 6) is -0.160. The third-order valence-electron chi connectivity index (χ3n) is 6.13. The molecule has 2 amide bonds. The largest absolute Gasteiger partial charge is 0.482 e. The molecule has 0 bridgehead atoms. The minimum atomic E-state index is -0.850. The summed E-state index contributed by atoms with van der Waals surface area (Å²) in [4.78, 5) is 39.1. The third-order valence-corrected chi connectivity index (χ3v) is 6.13. The van der Waals surface area contributed by atoms with Crippen LogP contribution in [-0.4, -0.2) is 17.4 Å². The van der Waals surface area contributed by atoms with Crippen LogP contribution < -0.4 is 25.7 Å². The quantitative estimate of drug-likeness (QED) is 0.486. The number of hydrogen-bond donors (Lipinski definition) is 1. The number of ether oxygens (including phenoxy) is 2. The summed E-state index contributed by atoms with van der Waals surface area (Å²) in [6, 6.07) is 7.03. The molecule has 37 heavy (non-hydrogen) atoms. The summed E-state index contributed by atoms with van der Waals surface area (Å²) in [6.45, 7) is 5.73. The van der Waals surface area contributed by atoms with E-state index < -0.39 is 23.1 Å². The van der Waals surface area contributed by atoms with E-state index in [9.17, 15) is 18.8 Å². The smallest absolute Gasteiger partial charge is 0.344 e. The lowest BCUT2D eigenvalue weighted by atomic mass is 9.90. The van der Waals surface area contributed by atoms with Crippen LogP contribution in [0.5, 0.6) is 11.5 Å². The van der Waals surface area contributed by atoms with Crippen LogP contribution >= 0.6 is 0 Å². The van der Waals surface area contributed by atoms with Gasteiger partial charge in [0.05, 0.1) is 35.3 Å². The highest BCUT2D eigenvalue weighted by atomic mass is 19.1. The van der Waals surface area contributed by atoms with Gasteiger partial charge in [-0.15, -0.1) is 0 Å². The van der Waals surface area contributed by atoms with E-state index in [4.69, 9.17) is 19.6 Å². The van der Waals surface area contributed by atoms with Crippen LogP contribution in [0.3, 0.4) is 0 Å². The van der Waals surface area contributed by atoms with Crippen molar-refractivity contribution < 1.29 is 27.9 Å². The molecule has 0 aliphatic carbocycles. The second-order valence-corrected chi connectivity index (χ2v) is 9.42. The number of benzene rings is 2. The molecule has 2 aliphatic rings. The highest BCUT2D eigenvalue weighted by Gasteiger charge is 2.36. The fourth-order valence-corrected chi connectivity index (χ4v) is 4.52. The number of Topliss-reactive ketones (excluding diaryl/α,β-unsaturated/α-hetero) is 1. The fraction of sp³-hybridized carbons (Fsp3) is 0.250. The van der Waals surface area contributed by atoms with Crippen LogP contribution in [0.25, 0.3) is 17.0 Å². The van der Waals surface area contributed by atoms with Crippen molar-refractivity contribution in [3.63, 3.8) is 0 Å². The van der Waals surface area contributed by atoms with Gasteiger partial charge in [0.15, 0.2) is 17.1 Å². The molecule has 0 fully saturated rings. The van der Waals surface area contributed by atoms with Crippen molar-refractivity contribution >= 4 is 34.5 Å². The van der Waals surface area contributed by atoms with E-state index in [2.05, 4.69) is 6.07 Å². The standard InChI is InChI=1S/C28H24FN2O6/c1-4-5-15-12-21(33)36-26-22(15)25-19(10-11-28(2,3)37-25)24-23(26)20(32)13-18(35-24)14-31(27(30)34)17-8-6-16(29)7-9-17/h6-11,14H,4-5,13H2,1-3H3,(H2,30,34). The van der Waals surface area contributed by atoms with Crippen molar-refractivity contribution in [1.82, 2.24) is 0 Å². The molecule has 0 unspecified atom stereocenters. The Morgan fingerprint density at radius 2 is 1.95 bits per heavy atom. The zero-order valence-electron chi connectivity index (χ0n) is 20.5. The Morgan fingerprint density at radius 3 is 2.62 bits per heavy atom. The molecule has 0 saturated heterocycles. The van der Waals surface area contributed by atoms with E-state index in [1.165, 1.54) is 30.5 Å². The predicted octanol–water partition coefficient (Wildman–Crippen LogP) is 5.26. The second kappa shape index (κ2) is 8.92. The van der Waals surface area contributed by atoms with Gasteiger partial charge in [0.1, 0.15) is 28.5 Å². The first-order chi connectivity index (χ1) is 17.6. The Hall–Kier alpha value is -4.40. The molecule has 2 N–H and O–H groups in total. The van der Waals surface area contributed by atoms with Crippen molar-refractivity contribution in [3.05, 3.63) is 81.3 Å². The van der Waals surface area contributed by atoms with E-state index >= 15 is 0 Å². The molecule has 0 spiro atoms. The van der Waals surface area contributed by atoms with E-state index in [0.29, 0.717) is 34.4 Å². The topological polar surface area (TPSA) is 112 Å². The number of ketones is 1. The van der Waals surface area contributed by atoms with Crippen molar-refractivity contribution in [2.75, 3.05) is 4.90 Å². The number of urea groups is 1. The number of carbonyl (C=O) groups is 2. The number of amides is 2. The summed E-state index contributed by atoms with van der Waals surface area (Å²) in [7, 11) is 0. The number of aryl methyl sites for hydroxylation is 1. The van der Waals surface area contributed by atoms with Gasteiger partial charge in [0.2, 0.25) is 0 Å². The van der Waals surface area contributed by atoms with E-state index in [1.54, 1.807) is 6.08 Å². The Bertz CT molecular complexity index is 1570. The normalized spacial score (nSPS) is 16.6. The van der Waals surface area contributed by atoms with Gasteiger partial charge in [0, 0.05) is 0 Å². The Balaban J connectivity index is 1.72. The zero-order valence-corrected chi connectivity index (χ0v) is 20.5. The third kappa shape index (κ3) is 4.37. The number of allylic oxidation sites excluding steroid dienone is 1. The van der Waals surface area contributed by atoms with Gasteiger partial charge < -0.3 is 19.6 Å². The van der Waals surface area contributed by atoms with Crippen molar-refractivity contribution in [2.24, 2.45) is 5.73 Å². The predicted molar refractivity (Wildman–Crippen MR) is 135 cm³/mol. The van der Waals surface area contributed by atoms with Gasteiger partial charge in [-0.3, -0.25) is 9.69 Å². The second-order valence-electron chi connectivity index (χ2n) is 9.42. The van der Waals surface area contributed by atoms with E-state index in [0.717, 1.165) is 11.3 Å². The number of rotatable bonds is 4. The summed E-state index contributed by atoms with van der Waals surface area (Å²) in [6.07, 6.45) is 5.98.